The molecule has 0 bridgehead atoms. The van der Waals surface area contributed by atoms with Gasteiger partial charge in [0, 0.05) is 5.41 Å². The van der Waals surface area contributed by atoms with Crippen molar-refractivity contribution in [1.82, 2.24) is 0 Å². The SMILES string of the molecule is CC(C)(C)[C@@H](Br)C(=O)O[C@H]1C(=O)OCC1(C)C. The van der Waals surface area contributed by atoms with Gasteiger partial charge in [-0.3, -0.25) is 4.79 Å². The molecule has 5 heteroatoms. The number of ether oxygens (including phenoxy) is 2. The summed E-state index contributed by atoms with van der Waals surface area (Å²) in [7, 11) is 0. The van der Waals surface area contributed by atoms with Crippen LogP contribution in [-0.4, -0.2) is 29.5 Å². The Hall–Kier alpha value is -0.580. The van der Waals surface area contributed by atoms with Crippen molar-refractivity contribution in [1.29, 1.82) is 0 Å². The maximum atomic E-state index is 11.9. The molecule has 17 heavy (non-hydrogen) atoms. The molecule has 0 amide bonds. The van der Waals surface area contributed by atoms with E-state index in [1.807, 2.05) is 34.6 Å². The van der Waals surface area contributed by atoms with Gasteiger partial charge >= 0.3 is 11.9 Å². The highest BCUT2D eigenvalue weighted by molar-refractivity contribution is 9.10. The fourth-order valence-electron chi connectivity index (χ4n) is 1.46. The standard InChI is InChI=1S/C12H19BrO4/c1-11(2,3)7(13)9(14)17-8-10(15)16-6-12(8,4)5/h7-8H,6H2,1-5H3/t7-,8-/m0/s1. The summed E-state index contributed by atoms with van der Waals surface area (Å²) in [5, 5.41) is 0. The summed E-state index contributed by atoms with van der Waals surface area (Å²) in [6.07, 6.45) is -0.808. The number of rotatable bonds is 2. The van der Waals surface area contributed by atoms with E-state index in [2.05, 4.69) is 15.9 Å². The first-order valence-corrected chi connectivity index (χ1v) is 6.48. The average Bonchev–Trinajstić information content (AvgIpc) is 2.42. The molecule has 0 aromatic heterocycles. The first-order valence-electron chi connectivity index (χ1n) is 5.57. The molecule has 0 N–H and O–H groups in total. The van der Waals surface area contributed by atoms with E-state index in [0.29, 0.717) is 0 Å². The van der Waals surface area contributed by atoms with E-state index >= 15 is 0 Å². The van der Waals surface area contributed by atoms with Crippen molar-refractivity contribution in [3.63, 3.8) is 0 Å². The zero-order valence-corrected chi connectivity index (χ0v) is 12.5. The van der Waals surface area contributed by atoms with Crippen molar-refractivity contribution in [3.8, 4) is 0 Å². The van der Waals surface area contributed by atoms with Crippen LogP contribution in [0.4, 0.5) is 0 Å². The van der Waals surface area contributed by atoms with E-state index in [1.54, 1.807) is 0 Å². The predicted molar refractivity (Wildman–Crippen MR) is 66.8 cm³/mol. The molecule has 0 aromatic rings. The van der Waals surface area contributed by atoms with Crippen LogP contribution in [0.25, 0.3) is 0 Å². The number of cyclic esters (lactones) is 1. The van der Waals surface area contributed by atoms with Gasteiger partial charge in [0.2, 0.25) is 6.10 Å². The number of alkyl halides is 1. The van der Waals surface area contributed by atoms with Crippen LogP contribution in [0.1, 0.15) is 34.6 Å². The van der Waals surface area contributed by atoms with Crippen LogP contribution in [0.3, 0.4) is 0 Å². The number of carbonyl (C=O) groups excluding carboxylic acids is 2. The van der Waals surface area contributed by atoms with Gasteiger partial charge in [0.25, 0.3) is 0 Å². The minimum Gasteiger partial charge on any atom is -0.462 e. The minimum absolute atomic E-state index is 0.260. The van der Waals surface area contributed by atoms with Crippen LogP contribution in [0.2, 0.25) is 0 Å². The number of esters is 2. The molecule has 98 valence electrons. The predicted octanol–water partition coefficient (Wildman–Crippen LogP) is 2.29. The van der Waals surface area contributed by atoms with E-state index in [0.717, 1.165) is 0 Å². The first-order chi connectivity index (χ1) is 7.55. The van der Waals surface area contributed by atoms with E-state index < -0.39 is 28.3 Å². The van der Waals surface area contributed by atoms with Crippen molar-refractivity contribution in [2.75, 3.05) is 6.61 Å². The van der Waals surface area contributed by atoms with E-state index in [1.165, 1.54) is 0 Å². The van der Waals surface area contributed by atoms with Crippen LogP contribution in [0, 0.1) is 10.8 Å². The Balaban J connectivity index is 2.72. The highest BCUT2D eigenvalue weighted by Crippen LogP contribution is 2.33. The van der Waals surface area contributed by atoms with Crippen LogP contribution in [-0.2, 0) is 19.1 Å². The lowest BCUT2D eigenvalue weighted by Gasteiger charge is -2.27. The Morgan fingerprint density at radius 1 is 1.53 bits per heavy atom. The number of halogens is 1. The molecular formula is C12H19BrO4. The third-order valence-corrected chi connectivity index (χ3v) is 4.46. The van der Waals surface area contributed by atoms with Crippen LogP contribution in [0.15, 0.2) is 0 Å². The van der Waals surface area contributed by atoms with Crippen molar-refractivity contribution >= 4 is 27.9 Å². The largest absolute Gasteiger partial charge is 0.462 e. The molecule has 4 nitrogen and oxygen atoms in total. The van der Waals surface area contributed by atoms with Crippen LogP contribution in [0.5, 0.6) is 0 Å². The van der Waals surface area contributed by atoms with Crippen molar-refractivity contribution < 1.29 is 19.1 Å². The van der Waals surface area contributed by atoms with Crippen LogP contribution >= 0.6 is 15.9 Å². The monoisotopic (exact) mass is 306 g/mol. The van der Waals surface area contributed by atoms with Crippen LogP contribution < -0.4 is 0 Å². The molecule has 0 unspecified atom stereocenters. The van der Waals surface area contributed by atoms with Gasteiger partial charge in [0.05, 0.1) is 0 Å². The summed E-state index contributed by atoms with van der Waals surface area (Å²) in [6, 6.07) is 0. The zero-order chi connectivity index (χ0) is 13.4. The summed E-state index contributed by atoms with van der Waals surface area (Å²) in [6.45, 7) is 9.74. The second-order valence-electron chi connectivity index (χ2n) is 6.14. The molecule has 0 aromatic carbocycles. The summed E-state index contributed by atoms with van der Waals surface area (Å²) in [5.74, 6) is -0.883. The molecule has 0 saturated carbocycles. The molecule has 0 radical (unpaired) electrons. The Morgan fingerprint density at radius 2 is 2.06 bits per heavy atom. The van der Waals surface area contributed by atoms with E-state index in [-0.39, 0.29) is 12.0 Å². The average molecular weight is 307 g/mol. The van der Waals surface area contributed by atoms with Gasteiger partial charge in [0.1, 0.15) is 11.4 Å². The van der Waals surface area contributed by atoms with Gasteiger partial charge < -0.3 is 9.47 Å². The van der Waals surface area contributed by atoms with Gasteiger partial charge in [0.15, 0.2) is 0 Å². The fourth-order valence-corrected chi connectivity index (χ4v) is 1.57. The molecule has 2 atom stereocenters. The van der Waals surface area contributed by atoms with E-state index in [9.17, 15) is 9.59 Å². The second kappa shape index (κ2) is 4.59. The molecule has 0 aliphatic carbocycles. The summed E-state index contributed by atoms with van der Waals surface area (Å²) < 4.78 is 10.2. The summed E-state index contributed by atoms with van der Waals surface area (Å²) in [4.78, 5) is 22.9. The Kier molecular flexibility index (Phi) is 3.91. The maximum Gasteiger partial charge on any atom is 0.348 e. The number of hydrogen-bond donors (Lipinski definition) is 0. The highest BCUT2D eigenvalue weighted by atomic mass is 79.9. The van der Waals surface area contributed by atoms with Crippen molar-refractivity contribution in [3.05, 3.63) is 0 Å². The molecule has 1 aliphatic heterocycles. The second-order valence-corrected chi connectivity index (χ2v) is 7.06. The topological polar surface area (TPSA) is 52.6 Å². The quantitative estimate of drug-likeness (QED) is 0.580. The van der Waals surface area contributed by atoms with Crippen molar-refractivity contribution in [2.24, 2.45) is 10.8 Å². The molecular weight excluding hydrogens is 288 g/mol. The molecule has 1 fully saturated rings. The third kappa shape index (κ3) is 3.21. The summed E-state index contributed by atoms with van der Waals surface area (Å²) in [5.41, 5.74) is -0.721. The Morgan fingerprint density at radius 3 is 2.41 bits per heavy atom. The first kappa shape index (κ1) is 14.5. The zero-order valence-electron chi connectivity index (χ0n) is 10.9. The molecule has 0 spiro atoms. The molecule has 1 saturated heterocycles. The smallest absolute Gasteiger partial charge is 0.348 e. The Labute approximate surface area is 110 Å². The summed E-state index contributed by atoms with van der Waals surface area (Å²) >= 11 is 3.30. The number of hydrogen-bond acceptors (Lipinski definition) is 4. The molecule has 1 rings (SSSR count). The van der Waals surface area contributed by atoms with Gasteiger partial charge in [-0.25, -0.2) is 4.79 Å². The number of carbonyl (C=O) groups is 2. The van der Waals surface area contributed by atoms with Gasteiger partial charge in [-0.2, -0.15) is 0 Å². The van der Waals surface area contributed by atoms with Gasteiger partial charge in [-0.1, -0.05) is 50.5 Å². The maximum absolute atomic E-state index is 11.9. The third-order valence-electron chi connectivity index (χ3n) is 2.71. The molecule has 1 aliphatic rings. The normalized spacial score (nSPS) is 25.3. The lowest BCUT2D eigenvalue weighted by Crippen LogP contribution is -2.40. The van der Waals surface area contributed by atoms with Crippen molar-refractivity contribution in [2.45, 2.75) is 45.5 Å². The highest BCUT2D eigenvalue weighted by Gasteiger charge is 2.47. The Bertz CT molecular complexity index is 330. The van der Waals surface area contributed by atoms with E-state index in [4.69, 9.17) is 9.47 Å². The van der Waals surface area contributed by atoms with Gasteiger partial charge in [-0.05, 0) is 5.41 Å². The van der Waals surface area contributed by atoms with Gasteiger partial charge in [-0.15, -0.1) is 0 Å². The minimum atomic E-state index is -0.808. The fraction of sp³-hybridized carbons (Fsp3) is 0.833. The molecule has 1 heterocycles. The lowest BCUT2D eigenvalue weighted by molar-refractivity contribution is -0.163. The lowest BCUT2D eigenvalue weighted by atomic mass is 9.89.